The molecule has 0 saturated carbocycles. The van der Waals surface area contributed by atoms with E-state index in [4.69, 9.17) is 4.42 Å². The number of sulfone groups is 1. The van der Waals surface area contributed by atoms with Gasteiger partial charge in [0.15, 0.2) is 5.89 Å². The summed E-state index contributed by atoms with van der Waals surface area (Å²) >= 11 is 0. The van der Waals surface area contributed by atoms with Crippen molar-refractivity contribution >= 4 is 9.84 Å². The summed E-state index contributed by atoms with van der Waals surface area (Å²) in [5.41, 5.74) is 0.596. The van der Waals surface area contributed by atoms with Crippen LogP contribution in [-0.2, 0) is 16.3 Å². The minimum Gasteiger partial charge on any atom is -0.429 e. The average Bonchev–Trinajstić information content (AvgIpc) is 2.30. The molecule has 0 spiro atoms. The fourth-order valence-corrected chi connectivity index (χ4v) is 2.84. The molecule has 0 aromatic carbocycles. The molecule has 0 aliphatic carbocycles. The van der Waals surface area contributed by atoms with Crippen molar-refractivity contribution in [1.29, 1.82) is 0 Å². The van der Waals surface area contributed by atoms with Gasteiger partial charge in [-0.1, -0.05) is 0 Å². The van der Waals surface area contributed by atoms with Crippen LogP contribution in [0.2, 0.25) is 0 Å². The standard InChI is InChI=1S/C7H9NO3S/c1-5-8-6-3-2-4-12(9,10)7(6)11-5/h2-4H2,1H3. The maximum Gasteiger partial charge on any atom is 0.241 e. The Bertz CT molecular complexity index is 404. The lowest BCUT2D eigenvalue weighted by atomic mass is 10.3. The lowest BCUT2D eigenvalue weighted by Gasteiger charge is -2.07. The first-order chi connectivity index (χ1) is 5.59. The number of oxazole rings is 1. The van der Waals surface area contributed by atoms with E-state index in [1.165, 1.54) is 0 Å². The van der Waals surface area contributed by atoms with Gasteiger partial charge < -0.3 is 4.42 Å². The third kappa shape index (κ3) is 1.04. The fourth-order valence-electron chi connectivity index (χ4n) is 1.37. The molecule has 2 heterocycles. The molecule has 0 bridgehead atoms. The zero-order valence-corrected chi connectivity index (χ0v) is 7.52. The largest absolute Gasteiger partial charge is 0.429 e. The summed E-state index contributed by atoms with van der Waals surface area (Å²) in [5, 5.41) is 0.0891. The van der Waals surface area contributed by atoms with Crippen LogP contribution in [0.4, 0.5) is 0 Å². The number of aromatic nitrogens is 1. The molecule has 0 saturated heterocycles. The van der Waals surface area contributed by atoms with Crippen molar-refractivity contribution in [2.75, 3.05) is 5.75 Å². The molecule has 4 nitrogen and oxygen atoms in total. The number of fused-ring (bicyclic) bond motifs is 1. The highest BCUT2D eigenvalue weighted by Gasteiger charge is 2.28. The third-order valence-corrected chi connectivity index (χ3v) is 3.59. The zero-order valence-electron chi connectivity index (χ0n) is 6.70. The van der Waals surface area contributed by atoms with Crippen LogP contribution in [0.25, 0.3) is 0 Å². The molecule has 5 heteroatoms. The third-order valence-electron chi connectivity index (χ3n) is 1.88. The lowest BCUT2D eigenvalue weighted by Crippen LogP contribution is -2.14. The molecule has 0 atom stereocenters. The SMILES string of the molecule is Cc1nc2c(o1)S(=O)(=O)CCC2. The predicted molar refractivity (Wildman–Crippen MR) is 41.6 cm³/mol. The first-order valence-electron chi connectivity index (χ1n) is 3.79. The van der Waals surface area contributed by atoms with Crippen molar-refractivity contribution < 1.29 is 12.8 Å². The Labute approximate surface area is 70.5 Å². The van der Waals surface area contributed by atoms with Gasteiger partial charge in [0.05, 0.1) is 11.4 Å². The van der Waals surface area contributed by atoms with Crippen LogP contribution < -0.4 is 0 Å². The minimum absolute atomic E-state index is 0.0891. The second-order valence-electron chi connectivity index (χ2n) is 2.89. The number of hydrogen-bond donors (Lipinski definition) is 0. The van der Waals surface area contributed by atoms with E-state index < -0.39 is 9.84 Å². The smallest absolute Gasteiger partial charge is 0.241 e. The Morgan fingerprint density at radius 3 is 2.92 bits per heavy atom. The Morgan fingerprint density at radius 2 is 2.25 bits per heavy atom. The molecule has 1 aliphatic heterocycles. The van der Waals surface area contributed by atoms with Crippen molar-refractivity contribution in [3.05, 3.63) is 11.6 Å². The second-order valence-corrected chi connectivity index (χ2v) is 4.90. The summed E-state index contributed by atoms with van der Waals surface area (Å²) in [5.74, 6) is 0.625. The van der Waals surface area contributed by atoms with Crippen molar-refractivity contribution in [3.63, 3.8) is 0 Å². The number of nitrogens with zero attached hydrogens (tertiary/aromatic N) is 1. The Morgan fingerprint density at radius 1 is 1.50 bits per heavy atom. The Balaban J connectivity index is 2.67. The molecule has 66 valence electrons. The molecule has 1 aliphatic rings. The summed E-state index contributed by atoms with van der Waals surface area (Å²) in [6, 6.07) is 0. The highest BCUT2D eigenvalue weighted by molar-refractivity contribution is 7.91. The van der Waals surface area contributed by atoms with E-state index in [2.05, 4.69) is 4.98 Å². The van der Waals surface area contributed by atoms with Crippen LogP contribution in [0.15, 0.2) is 9.51 Å². The number of hydrogen-bond acceptors (Lipinski definition) is 4. The molecule has 12 heavy (non-hydrogen) atoms. The van der Waals surface area contributed by atoms with Gasteiger partial charge in [-0.25, -0.2) is 13.4 Å². The monoisotopic (exact) mass is 187 g/mol. The van der Waals surface area contributed by atoms with Gasteiger partial charge in [-0.2, -0.15) is 0 Å². The maximum absolute atomic E-state index is 11.4. The molecular weight excluding hydrogens is 178 g/mol. The van der Waals surface area contributed by atoms with Gasteiger partial charge >= 0.3 is 0 Å². The number of rotatable bonds is 0. The van der Waals surface area contributed by atoms with Crippen molar-refractivity contribution in [3.8, 4) is 0 Å². The highest BCUT2D eigenvalue weighted by atomic mass is 32.2. The van der Waals surface area contributed by atoms with Gasteiger partial charge in [0.25, 0.3) is 0 Å². The first-order valence-corrected chi connectivity index (χ1v) is 5.44. The molecule has 0 fully saturated rings. The van der Waals surface area contributed by atoms with Gasteiger partial charge in [0, 0.05) is 6.92 Å². The Hall–Kier alpha value is -0.840. The van der Waals surface area contributed by atoms with Crippen LogP contribution in [0, 0.1) is 6.92 Å². The van der Waals surface area contributed by atoms with E-state index in [0.29, 0.717) is 24.4 Å². The van der Waals surface area contributed by atoms with Crippen molar-refractivity contribution in [2.24, 2.45) is 0 Å². The fraction of sp³-hybridized carbons (Fsp3) is 0.571. The Kier molecular flexibility index (Phi) is 1.51. The van der Waals surface area contributed by atoms with Gasteiger partial charge in [0.2, 0.25) is 14.9 Å². The molecular formula is C7H9NO3S. The van der Waals surface area contributed by atoms with E-state index in [9.17, 15) is 8.42 Å². The quantitative estimate of drug-likeness (QED) is 0.600. The summed E-state index contributed by atoms with van der Waals surface area (Å²) in [7, 11) is -3.15. The predicted octanol–water partition coefficient (Wildman–Crippen LogP) is 0.703. The van der Waals surface area contributed by atoms with Crippen molar-refractivity contribution in [1.82, 2.24) is 4.98 Å². The summed E-state index contributed by atoms with van der Waals surface area (Å²) in [6.45, 7) is 1.66. The van der Waals surface area contributed by atoms with Crippen LogP contribution >= 0.6 is 0 Å². The molecule has 0 N–H and O–H groups in total. The molecule has 0 radical (unpaired) electrons. The van der Waals surface area contributed by atoms with E-state index in [1.54, 1.807) is 6.92 Å². The second kappa shape index (κ2) is 2.32. The lowest BCUT2D eigenvalue weighted by molar-refractivity contribution is 0.415. The summed E-state index contributed by atoms with van der Waals surface area (Å²) in [4.78, 5) is 4.00. The van der Waals surface area contributed by atoms with Gasteiger partial charge in [-0.15, -0.1) is 0 Å². The first kappa shape index (κ1) is 7.79. The highest BCUT2D eigenvalue weighted by Crippen LogP contribution is 2.24. The molecule has 1 aromatic heterocycles. The van der Waals surface area contributed by atoms with Crippen LogP contribution in [0.5, 0.6) is 0 Å². The molecule has 0 amide bonds. The van der Waals surface area contributed by atoms with Crippen LogP contribution in [-0.4, -0.2) is 19.2 Å². The average molecular weight is 187 g/mol. The van der Waals surface area contributed by atoms with Crippen LogP contribution in [0.3, 0.4) is 0 Å². The summed E-state index contributed by atoms with van der Waals surface area (Å²) < 4.78 is 27.7. The molecule has 0 unspecified atom stereocenters. The van der Waals surface area contributed by atoms with E-state index in [1.807, 2.05) is 0 Å². The molecule has 1 aromatic rings. The van der Waals surface area contributed by atoms with E-state index in [0.717, 1.165) is 0 Å². The van der Waals surface area contributed by atoms with E-state index >= 15 is 0 Å². The van der Waals surface area contributed by atoms with Gasteiger partial charge in [-0.05, 0) is 12.8 Å². The van der Waals surface area contributed by atoms with Gasteiger partial charge in [0.1, 0.15) is 0 Å². The summed E-state index contributed by atoms with van der Waals surface area (Å²) in [6.07, 6.45) is 1.37. The number of aryl methyl sites for hydroxylation is 2. The van der Waals surface area contributed by atoms with Gasteiger partial charge in [-0.3, -0.25) is 0 Å². The maximum atomic E-state index is 11.4. The normalized spacial score (nSPS) is 20.4. The van der Waals surface area contributed by atoms with Crippen molar-refractivity contribution in [2.45, 2.75) is 24.9 Å². The zero-order chi connectivity index (χ0) is 8.77. The van der Waals surface area contributed by atoms with E-state index in [-0.39, 0.29) is 10.8 Å². The minimum atomic E-state index is -3.15. The molecule has 2 rings (SSSR count). The van der Waals surface area contributed by atoms with Crippen LogP contribution in [0.1, 0.15) is 18.0 Å². The topological polar surface area (TPSA) is 60.2 Å².